The van der Waals surface area contributed by atoms with Gasteiger partial charge in [0.25, 0.3) is 0 Å². The van der Waals surface area contributed by atoms with Crippen LogP contribution in [-0.4, -0.2) is 54.3 Å². The van der Waals surface area contributed by atoms with Crippen LogP contribution in [0, 0.1) is 17.2 Å². The van der Waals surface area contributed by atoms with Crippen LogP contribution >= 0.6 is 11.6 Å². The number of halogens is 1. The van der Waals surface area contributed by atoms with Crippen molar-refractivity contribution in [2.24, 2.45) is 5.92 Å². The summed E-state index contributed by atoms with van der Waals surface area (Å²) in [6.07, 6.45) is 3.30. The number of rotatable bonds is 6. The number of nitrogens with zero attached hydrogens (tertiary/aromatic N) is 3. The number of anilines is 1. The minimum atomic E-state index is -0.726. The summed E-state index contributed by atoms with van der Waals surface area (Å²) in [5.41, 5.74) is -0.0725. The molecule has 2 rings (SSSR count). The molecule has 0 unspecified atom stereocenters. The quantitative estimate of drug-likeness (QED) is 0.809. The lowest BCUT2D eigenvalue weighted by molar-refractivity contribution is -0.136. The van der Waals surface area contributed by atoms with E-state index in [0.29, 0.717) is 29.5 Å². The van der Waals surface area contributed by atoms with E-state index in [4.69, 9.17) is 11.6 Å². The van der Waals surface area contributed by atoms with Gasteiger partial charge in [0.15, 0.2) is 0 Å². The molecular weight excluding hydrogens is 364 g/mol. The summed E-state index contributed by atoms with van der Waals surface area (Å²) >= 11 is 5.83. The smallest absolute Gasteiger partial charge is 0.238 e. The van der Waals surface area contributed by atoms with Gasteiger partial charge < -0.3 is 10.2 Å². The Balaban J connectivity index is 1.87. The van der Waals surface area contributed by atoms with Crippen LogP contribution in [0.5, 0.6) is 0 Å². The van der Waals surface area contributed by atoms with Gasteiger partial charge in [-0.05, 0) is 62.9 Å². The Labute approximate surface area is 166 Å². The molecule has 0 aromatic heterocycles. The third-order valence-corrected chi connectivity index (χ3v) is 5.52. The molecule has 1 saturated carbocycles. The zero-order valence-corrected chi connectivity index (χ0v) is 16.9. The summed E-state index contributed by atoms with van der Waals surface area (Å²) in [5, 5.41) is 13.1. The van der Waals surface area contributed by atoms with Crippen molar-refractivity contribution < 1.29 is 9.59 Å². The van der Waals surface area contributed by atoms with Crippen LogP contribution in [-0.2, 0) is 9.59 Å². The molecule has 2 amide bonds. The van der Waals surface area contributed by atoms with Crippen molar-refractivity contribution in [1.29, 1.82) is 5.26 Å². The van der Waals surface area contributed by atoms with E-state index < -0.39 is 5.54 Å². The second-order valence-electron chi connectivity index (χ2n) is 7.51. The Bertz CT molecular complexity index is 706. The fourth-order valence-electron chi connectivity index (χ4n) is 3.37. The second-order valence-corrected chi connectivity index (χ2v) is 7.94. The van der Waals surface area contributed by atoms with Gasteiger partial charge in [0, 0.05) is 17.8 Å². The topological polar surface area (TPSA) is 76.4 Å². The number of hydrogen-bond donors (Lipinski definition) is 1. The lowest BCUT2D eigenvalue weighted by Gasteiger charge is -2.41. The maximum Gasteiger partial charge on any atom is 0.238 e. The molecule has 1 N–H and O–H groups in total. The highest BCUT2D eigenvalue weighted by molar-refractivity contribution is 6.30. The molecule has 6 nitrogen and oxygen atoms in total. The van der Waals surface area contributed by atoms with Gasteiger partial charge in [-0.2, -0.15) is 5.26 Å². The van der Waals surface area contributed by atoms with Crippen molar-refractivity contribution in [1.82, 2.24) is 9.80 Å². The molecule has 1 aliphatic carbocycles. The molecule has 0 aliphatic heterocycles. The number of carbonyl (C=O) groups excluding carboxylic acids is 2. The maximum absolute atomic E-state index is 12.7. The minimum absolute atomic E-state index is 0.0821. The monoisotopic (exact) mass is 390 g/mol. The van der Waals surface area contributed by atoms with Crippen molar-refractivity contribution in [3.8, 4) is 6.07 Å². The predicted octanol–water partition coefficient (Wildman–Crippen LogP) is 3.14. The molecule has 0 atom stereocenters. The van der Waals surface area contributed by atoms with E-state index in [9.17, 15) is 14.9 Å². The van der Waals surface area contributed by atoms with Gasteiger partial charge in [-0.1, -0.05) is 18.5 Å². The molecule has 0 bridgehead atoms. The van der Waals surface area contributed by atoms with E-state index in [1.807, 2.05) is 0 Å². The summed E-state index contributed by atoms with van der Waals surface area (Å²) in [6, 6.07) is 9.21. The standard InChI is InChI=1S/C20H27ClN4O2/c1-15-8-10-20(14-22,11-9-15)25(3)19(27)13-24(2)12-18(26)23-17-6-4-16(21)5-7-17/h4-7,15H,8-13H2,1-3H3,(H,23,26). The van der Waals surface area contributed by atoms with E-state index in [0.717, 1.165) is 12.8 Å². The fourth-order valence-corrected chi connectivity index (χ4v) is 3.50. The average Bonchev–Trinajstić information content (AvgIpc) is 2.63. The number of carbonyl (C=O) groups is 2. The molecular formula is C20H27ClN4O2. The summed E-state index contributed by atoms with van der Waals surface area (Å²) in [4.78, 5) is 28.0. The zero-order chi connectivity index (χ0) is 20.0. The molecule has 0 radical (unpaired) electrons. The Hall–Kier alpha value is -2.10. The van der Waals surface area contributed by atoms with E-state index in [1.165, 1.54) is 0 Å². The summed E-state index contributed by atoms with van der Waals surface area (Å²) < 4.78 is 0. The highest BCUT2D eigenvalue weighted by Crippen LogP contribution is 2.35. The predicted molar refractivity (Wildman–Crippen MR) is 106 cm³/mol. The van der Waals surface area contributed by atoms with Gasteiger partial charge in [0.1, 0.15) is 5.54 Å². The van der Waals surface area contributed by atoms with E-state index in [-0.39, 0.29) is 24.9 Å². The Morgan fingerprint density at radius 3 is 2.37 bits per heavy atom. The first kappa shape index (κ1) is 21.2. The molecule has 1 fully saturated rings. The third-order valence-electron chi connectivity index (χ3n) is 5.27. The summed E-state index contributed by atoms with van der Waals surface area (Å²) in [7, 11) is 3.42. The normalized spacial score (nSPS) is 22.1. The number of amides is 2. The molecule has 0 saturated heterocycles. The number of hydrogen-bond acceptors (Lipinski definition) is 4. The van der Waals surface area contributed by atoms with Gasteiger partial charge in [-0.15, -0.1) is 0 Å². The van der Waals surface area contributed by atoms with Gasteiger partial charge in [-0.25, -0.2) is 0 Å². The van der Waals surface area contributed by atoms with Crippen molar-refractivity contribution in [3.05, 3.63) is 29.3 Å². The van der Waals surface area contributed by atoms with Crippen molar-refractivity contribution in [2.75, 3.05) is 32.5 Å². The van der Waals surface area contributed by atoms with Crippen LogP contribution in [0.15, 0.2) is 24.3 Å². The van der Waals surface area contributed by atoms with Crippen LogP contribution < -0.4 is 5.32 Å². The minimum Gasteiger partial charge on any atom is -0.326 e. The van der Waals surface area contributed by atoms with E-state index in [1.54, 1.807) is 48.2 Å². The first-order chi connectivity index (χ1) is 12.8. The molecule has 146 valence electrons. The van der Waals surface area contributed by atoms with Gasteiger partial charge >= 0.3 is 0 Å². The van der Waals surface area contributed by atoms with Crippen LogP contribution in [0.2, 0.25) is 5.02 Å². The van der Waals surface area contributed by atoms with Gasteiger partial charge in [-0.3, -0.25) is 14.5 Å². The first-order valence-electron chi connectivity index (χ1n) is 9.17. The second kappa shape index (κ2) is 9.20. The Kier molecular flexibility index (Phi) is 7.23. The molecule has 7 heteroatoms. The molecule has 1 aromatic carbocycles. The lowest BCUT2D eigenvalue weighted by Crippen LogP contribution is -2.53. The average molecular weight is 391 g/mol. The zero-order valence-electron chi connectivity index (χ0n) is 16.2. The van der Waals surface area contributed by atoms with Gasteiger partial charge in [0.2, 0.25) is 11.8 Å². The molecule has 27 heavy (non-hydrogen) atoms. The largest absolute Gasteiger partial charge is 0.326 e. The maximum atomic E-state index is 12.7. The highest BCUT2D eigenvalue weighted by Gasteiger charge is 2.40. The van der Waals surface area contributed by atoms with Crippen molar-refractivity contribution in [2.45, 2.75) is 38.1 Å². The van der Waals surface area contributed by atoms with E-state index in [2.05, 4.69) is 18.3 Å². The van der Waals surface area contributed by atoms with Crippen LogP contribution in [0.4, 0.5) is 5.69 Å². The SMILES string of the molecule is CC1CCC(C#N)(N(C)C(=O)CN(C)CC(=O)Nc2ccc(Cl)cc2)CC1. The van der Waals surface area contributed by atoms with Crippen LogP contribution in [0.25, 0.3) is 0 Å². The lowest BCUT2D eigenvalue weighted by atomic mass is 9.77. The van der Waals surface area contributed by atoms with Crippen LogP contribution in [0.1, 0.15) is 32.6 Å². The Morgan fingerprint density at radius 2 is 1.81 bits per heavy atom. The molecule has 1 aromatic rings. The first-order valence-corrected chi connectivity index (χ1v) is 9.55. The molecule has 0 spiro atoms. The fraction of sp³-hybridized carbons (Fsp3) is 0.550. The number of likely N-dealkylation sites (N-methyl/N-ethyl adjacent to an activating group) is 2. The number of benzene rings is 1. The molecule has 1 aliphatic rings. The number of nitrogens with one attached hydrogen (secondary N) is 1. The van der Waals surface area contributed by atoms with Gasteiger partial charge in [0.05, 0.1) is 19.2 Å². The Morgan fingerprint density at radius 1 is 1.22 bits per heavy atom. The number of nitriles is 1. The van der Waals surface area contributed by atoms with Crippen LogP contribution in [0.3, 0.4) is 0 Å². The van der Waals surface area contributed by atoms with Crippen molar-refractivity contribution in [3.63, 3.8) is 0 Å². The third kappa shape index (κ3) is 5.69. The van der Waals surface area contributed by atoms with Crippen molar-refractivity contribution >= 4 is 29.1 Å². The molecule has 0 heterocycles. The van der Waals surface area contributed by atoms with E-state index >= 15 is 0 Å². The summed E-state index contributed by atoms with van der Waals surface area (Å²) in [5.74, 6) is 0.235. The summed E-state index contributed by atoms with van der Waals surface area (Å²) in [6.45, 7) is 2.35. The highest BCUT2D eigenvalue weighted by atomic mass is 35.5.